The fourth-order valence-electron chi connectivity index (χ4n) is 2.36. The summed E-state index contributed by atoms with van der Waals surface area (Å²) in [5.74, 6) is -0.208. The topological polar surface area (TPSA) is 58.6 Å². The number of amides is 2. The van der Waals surface area contributed by atoms with Gasteiger partial charge in [-0.15, -0.1) is 0 Å². The van der Waals surface area contributed by atoms with E-state index in [2.05, 4.69) is 37.3 Å². The number of hydrogen-bond acceptors (Lipinski definition) is 5. The number of hydrogen-bond donors (Lipinski definition) is 1. The number of carbonyl (C=O) groups is 2. The van der Waals surface area contributed by atoms with E-state index in [0.717, 1.165) is 25.7 Å². The van der Waals surface area contributed by atoms with Crippen molar-refractivity contribution in [2.24, 2.45) is 0 Å². The number of benzene rings is 2. The lowest BCUT2D eigenvalue weighted by Gasteiger charge is -2.15. The molecule has 1 fully saturated rings. The molecule has 1 heterocycles. The molecule has 1 N–H and O–H groups in total. The first-order valence-corrected chi connectivity index (χ1v) is 10.4. The van der Waals surface area contributed by atoms with Gasteiger partial charge in [0, 0.05) is 15.6 Å². The van der Waals surface area contributed by atoms with Crippen LogP contribution in [-0.4, -0.2) is 28.3 Å². The zero-order valence-corrected chi connectivity index (χ0v) is 18.7. The molecule has 0 radical (unpaired) electrons. The maximum Gasteiger partial charge on any atom is 0.285 e. The van der Waals surface area contributed by atoms with E-state index >= 15 is 0 Å². The quantitative estimate of drug-likeness (QED) is 0.458. The van der Waals surface area contributed by atoms with Crippen molar-refractivity contribution in [3.05, 3.63) is 67.4 Å². The smallest absolute Gasteiger partial charge is 0.285 e. The Kier molecular flexibility index (Phi) is 6.36. The molecule has 0 spiro atoms. The molecule has 5 nitrogen and oxygen atoms in total. The van der Waals surface area contributed by atoms with Crippen molar-refractivity contribution in [3.63, 3.8) is 0 Å². The number of nitrogens with one attached hydrogen (secondary N) is 1. The number of thiocarbonyl (C=S) groups is 1. The fraction of sp³-hybridized carbons (Fsp3) is 0.0556. The molecule has 0 atom stereocenters. The molecule has 1 aliphatic rings. The predicted molar refractivity (Wildman–Crippen MR) is 117 cm³/mol. The lowest BCUT2D eigenvalue weighted by Crippen LogP contribution is -2.44. The molecular weight excluding hydrogens is 516 g/mol. The minimum Gasteiger partial charge on any atom is -0.495 e. The zero-order valence-electron chi connectivity index (χ0n) is 13.9. The van der Waals surface area contributed by atoms with Crippen molar-refractivity contribution in [2.45, 2.75) is 0 Å². The molecule has 9 heteroatoms. The Bertz CT molecular complexity index is 965. The second kappa shape index (κ2) is 8.55. The summed E-state index contributed by atoms with van der Waals surface area (Å²) in [6.45, 7) is 0. The third-order valence-corrected chi connectivity index (χ3v) is 5.92. The summed E-state index contributed by atoms with van der Waals surface area (Å²) < 4.78 is 7.23. The van der Waals surface area contributed by atoms with Gasteiger partial charge in [-0.2, -0.15) is 5.01 Å². The normalized spacial score (nSPS) is 15.4. The van der Waals surface area contributed by atoms with Gasteiger partial charge < -0.3 is 4.74 Å². The molecule has 1 saturated heterocycles. The van der Waals surface area contributed by atoms with Crippen LogP contribution in [0.1, 0.15) is 15.9 Å². The number of rotatable bonds is 4. The summed E-state index contributed by atoms with van der Waals surface area (Å²) in [4.78, 5) is 25.4. The highest BCUT2D eigenvalue weighted by molar-refractivity contribution is 9.11. The Morgan fingerprint density at radius 2 is 1.96 bits per heavy atom. The Labute approximate surface area is 182 Å². The van der Waals surface area contributed by atoms with E-state index < -0.39 is 11.8 Å². The van der Waals surface area contributed by atoms with E-state index in [9.17, 15) is 9.59 Å². The van der Waals surface area contributed by atoms with E-state index in [1.807, 2.05) is 18.2 Å². The number of halogens is 2. The van der Waals surface area contributed by atoms with Gasteiger partial charge in [-0.25, -0.2) is 0 Å². The first-order chi connectivity index (χ1) is 12.9. The van der Waals surface area contributed by atoms with Crippen LogP contribution in [0.5, 0.6) is 5.75 Å². The number of ether oxygens (including phenoxy) is 1. The van der Waals surface area contributed by atoms with Crippen molar-refractivity contribution in [2.75, 3.05) is 7.11 Å². The Balaban J connectivity index is 1.86. The van der Waals surface area contributed by atoms with Crippen molar-refractivity contribution in [3.8, 4) is 5.75 Å². The molecule has 2 amide bonds. The molecule has 0 aromatic heterocycles. The number of thioether (sulfide) groups is 1. The Morgan fingerprint density at radius 3 is 2.63 bits per heavy atom. The van der Waals surface area contributed by atoms with Crippen LogP contribution in [0.25, 0.3) is 6.08 Å². The summed E-state index contributed by atoms with van der Waals surface area (Å²) in [6, 6.07) is 12.3. The summed E-state index contributed by atoms with van der Waals surface area (Å²) in [5, 5.41) is 1.08. The molecular formula is C18H12Br2N2O3S2. The molecule has 2 aromatic rings. The highest BCUT2D eigenvalue weighted by atomic mass is 79.9. The van der Waals surface area contributed by atoms with Crippen LogP contribution in [-0.2, 0) is 4.79 Å². The van der Waals surface area contributed by atoms with Gasteiger partial charge in [-0.05, 0) is 58.5 Å². The molecule has 0 saturated carbocycles. The maximum absolute atomic E-state index is 12.7. The van der Waals surface area contributed by atoms with Gasteiger partial charge in [0.05, 0.1) is 16.5 Å². The van der Waals surface area contributed by atoms with Crippen LogP contribution in [0, 0.1) is 0 Å². The van der Waals surface area contributed by atoms with Gasteiger partial charge >= 0.3 is 0 Å². The minimum absolute atomic E-state index is 0.253. The third kappa shape index (κ3) is 4.43. The average molecular weight is 528 g/mol. The zero-order chi connectivity index (χ0) is 19.6. The lowest BCUT2D eigenvalue weighted by atomic mass is 10.2. The molecule has 1 aliphatic heterocycles. The highest BCUT2D eigenvalue weighted by Crippen LogP contribution is 2.37. The highest BCUT2D eigenvalue weighted by Gasteiger charge is 2.34. The number of hydrazine groups is 1. The van der Waals surface area contributed by atoms with E-state index in [4.69, 9.17) is 17.0 Å². The maximum atomic E-state index is 12.7. The first-order valence-electron chi connectivity index (χ1n) is 7.57. The van der Waals surface area contributed by atoms with Crippen LogP contribution >= 0.6 is 55.8 Å². The van der Waals surface area contributed by atoms with Crippen LogP contribution in [0.2, 0.25) is 0 Å². The summed E-state index contributed by atoms with van der Waals surface area (Å²) in [5.41, 5.74) is 3.69. The van der Waals surface area contributed by atoms with Crippen molar-refractivity contribution in [1.82, 2.24) is 10.4 Å². The largest absolute Gasteiger partial charge is 0.495 e. The van der Waals surface area contributed by atoms with E-state index in [0.29, 0.717) is 21.8 Å². The number of nitrogens with zero attached hydrogens (tertiary/aromatic N) is 1. The lowest BCUT2D eigenvalue weighted by molar-refractivity contribution is -0.123. The third-order valence-electron chi connectivity index (χ3n) is 3.57. The standard InChI is InChI=1S/C18H12Br2N2O3S2/c1-25-15-11(7-12(19)9-13(15)20)8-14-17(24)22(18(26)27-14)21-16(23)10-5-3-2-4-6-10/h2-9H,1H3,(H,21,23)/b14-8+. The van der Waals surface area contributed by atoms with E-state index in [1.165, 1.54) is 0 Å². The molecule has 0 aliphatic carbocycles. The monoisotopic (exact) mass is 526 g/mol. The SMILES string of the molecule is COc1c(Br)cc(Br)cc1/C=C1/SC(=S)N(NC(=O)c2ccccc2)C1=O. The molecule has 27 heavy (non-hydrogen) atoms. The van der Waals surface area contributed by atoms with Gasteiger partial charge in [0.25, 0.3) is 11.8 Å². The molecule has 0 bridgehead atoms. The Hall–Kier alpha value is -1.68. The fourth-order valence-corrected chi connectivity index (χ4v) is 4.95. The van der Waals surface area contributed by atoms with Crippen LogP contribution in [0.4, 0.5) is 0 Å². The number of carbonyl (C=O) groups excluding carboxylic acids is 2. The van der Waals surface area contributed by atoms with Gasteiger partial charge in [0.1, 0.15) is 5.75 Å². The Morgan fingerprint density at radius 1 is 1.26 bits per heavy atom. The summed E-state index contributed by atoms with van der Waals surface area (Å²) in [6.07, 6.45) is 1.68. The van der Waals surface area contributed by atoms with Gasteiger partial charge in [0.2, 0.25) is 0 Å². The predicted octanol–water partition coefficient (Wildman–Crippen LogP) is 4.77. The summed E-state index contributed by atoms with van der Waals surface area (Å²) >= 11 is 13.2. The second-order valence-electron chi connectivity index (χ2n) is 5.33. The second-order valence-corrected chi connectivity index (χ2v) is 8.78. The summed E-state index contributed by atoms with van der Waals surface area (Å²) in [7, 11) is 1.55. The van der Waals surface area contributed by atoms with E-state index in [-0.39, 0.29) is 4.32 Å². The molecule has 0 unspecified atom stereocenters. The average Bonchev–Trinajstić information content (AvgIpc) is 2.89. The first kappa shape index (κ1) is 20.1. The molecule has 3 rings (SSSR count). The van der Waals surface area contributed by atoms with Gasteiger partial charge in [-0.1, -0.05) is 45.9 Å². The van der Waals surface area contributed by atoms with Crippen molar-refractivity contribution < 1.29 is 14.3 Å². The van der Waals surface area contributed by atoms with Crippen LogP contribution in [0.3, 0.4) is 0 Å². The van der Waals surface area contributed by atoms with Crippen molar-refractivity contribution >= 4 is 78.1 Å². The van der Waals surface area contributed by atoms with Crippen LogP contribution in [0.15, 0.2) is 56.3 Å². The van der Waals surface area contributed by atoms with Crippen molar-refractivity contribution in [1.29, 1.82) is 0 Å². The molecule has 138 valence electrons. The van der Waals surface area contributed by atoms with Gasteiger partial charge in [-0.3, -0.25) is 15.0 Å². The van der Waals surface area contributed by atoms with Crippen LogP contribution < -0.4 is 10.2 Å². The van der Waals surface area contributed by atoms with Gasteiger partial charge in [0.15, 0.2) is 4.32 Å². The van der Waals surface area contributed by atoms with E-state index in [1.54, 1.807) is 37.5 Å². The molecule has 2 aromatic carbocycles. The minimum atomic E-state index is -0.407. The number of methoxy groups -OCH3 is 1.